The monoisotopic (exact) mass is 415 g/mol. The maximum atomic E-state index is 12.7. The highest BCUT2D eigenvalue weighted by atomic mass is 16.5. The third-order valence-electron chi connectivity index (χ3n) is 5.67. The number of carbonyl (C=O) groups is 2. The molecule has 1 heterocycles. The number of Topliss-reactive ketones (excluding diaryl/α,β-unsaturated/α-hetero) is 1. The van der Waals surface area contributed by atoms with Gasteiger partial charge < -0.3 is 10.1 Å². The minimum atomic E-state index is -0.597. The van der Waals surface area contributed by atoms with Crippen LogP contribution < -0.4 is 10.1 Å². The molecule has 0 spiro atoms. The predicted molar refractivity (Wildman–Crippen MR) is 117 cm³/mol. The molecule has 4 rings (SSSR count). The van der Waals surface area contributed by atoms with Crippen LogP contribution in [0.5, 0.6) is 11.5 Å². The second kappa shape index (κ2) is 9.08. The van der Waals surface area contributed by atoms with Crippen LogP contribution in [-0.2, 0) is 17.8 Å². The fourth-order valence-corrected chi connectivity index (χ4v) is 3.56. The fraction of sp³-hybridized carbons (Fsp3) is 0.280. The van der Waals surface area contributed by atoms with Gasteiger partial charge in [0.15, 0.2) is 5.78 Å². The van der Waals surface area contributed by atoms with Crippen LogP contribution in [0.2, 0.25) is 0 Å². The summed E-state index contributed by atoms with van der Waals surface area (Å²) in [5, 5.41) is 2.98. The van der Waals surface area contributed by atoms with Gasteiger partial charge in [0, 0.05) is 25.4 Å². The van der Waals surface area contributed by atoms with Gasteiger partial charge in [-0.3, -0.25) is 9.59 Å². The summed E-state index contributed by atoms with van der Waals surface area (Å²) in [6, 6.07) is 15.7. The second-order valence-electron chi connectivity index (χ2n) is 7.90. The quantitative estimate of drug-likeness (QED) is 0.521. The Kier molecular flexibility index (Phi) is 6.07. The summed E-state index contributed by atoms with van der Waals surface area (Å²) < 4.78 is 6.00. The van der Waals surface area contributed by atoms with Crippen LogP contribution in [0.4, 0.5) is 0 Å². The zero-order chi connectivity index (χ0) is 21.7. The van der Waals surface area contributed by atoms with Crippen molar-refractivity contribution in [1.82, 2.24) is 15.3 Å². The number of aryl methyl sites for hydroxylation is 1. The van der Waals surface area contributed by atoms with Crippen LogP contribution in [0.25, 0.3) is 0 Å². The van der Waals surface area contributed by atoms with E-state index in [2.05, 4.69) is 28.3 Å². The summed E-state index contributed by atoms with van der Waals surface area (Å²) in [6.45, 7) is 2.51. The van der Waals surface area contributed by atoms with Crippen LogP contribution in [0, 0.1) is 5.41 Å². The lowest BCUT2D eigenvalue weighted by Crippen LogP contribution is -2.33. The zero-order valence-electron chi connectivity index (χ0n) is 17.5. The first-order chi connectivity index (χ1) is 15.1. The molecule has 6 nitrogen and oxygen atoms in total. The van der Waals surface area contributed by atoms with Gasteiger partial charge in [-0.15, -0.1) is 0 Å². The third kappa shape index (κ3) is 4.97. The first-order valence-electron chi connectivity index (χ1n) is 10.5. The Labute approximate surface area is 181 Å². The Morgan fingerprint density at radius 2 is 1.74 bits per heavy atom. The molecule has 1 aromatic heterocycles. The Balaban J connectivity index is 1.32. The van der Waals surface area contributed by atoms with Crippen molar-refractivity contribution in [1.29, 1.82) is 0 Å². The third-order valence-corrected chi connectivity index (χ3v) is 5.67. The first kappa shape index (κ1) is 20.7. The van der Waals surface area contributed by atoms with Gasteiger partial charge in [0.1, 0.15) is 17.8 Å². The molecule has 31 heavy (non-hydrogen) atoms. The number of para-hydroxylation sites is 1. The topological polar surface area (TPSA) is 81.2 Å². The molecule has 3 aromatic rings. The minimum Gasteiger partial charge on any atom is -0.457 e. The zero-order valence-corrected chi connectivity index (χ0v) is 17.5. The number of carbonyl (C=O) groups excluding carboxylic acids is 2. The van der Waals surface area contributed by atoms with Gasteiger partial charge in [-0.05, 0) is 48.6 Å². The number of ether oxygens (including phenoxy) is 1. The largest absolute Gasteiger partial charge is 0.457 e. The van der Waals surface area contributed by atoms with Crippen LogP contribution in [-0.4, -0.2) is 21.7 Å². The lowest BCUT2D eigenvalue weighted by atomic mass is 9.95. The minimum absolute atomic E-state index is 0.0742. The van der Waals surface area contributed by atoms with Crippen LogP contribution in [0.3, 0.4) is 0 Å². The molecule has 1 amide bonds. The molecule has 1 N–H and O–H groups in total. The Morgan fingerprint density at radius 1 is 1.03 bits per heavy atom. The highest BCUT2D eigenvalue weighted by Gasteiger charge is 2.50. The number of benzene rings is 2. The van der Waals surface area contributed by atoms with E-state index in [1.54, 1.807) is 0 Å². The van der Waals surface area contributed by atoms with Gasteiger partial charge in [0.25, 0.3) is 0 Å². The second-order valence-corrected chi connectivity index (χ2v) is 7.90. The summed E-state index contributed by atoms with van der Waals surface area (Å²) in [7, 11) is 0. The van der Waals surface area contributed by atoms with Crippen LogP contribution in [0.15, 0.2) is 67.3 Å². The number of aromatic nitrogens is 2. The van der Waals surface area contributed by atoms with Crippen molar-refractivity contribution in [2.45, 2.75) is 39.2 Å². The molecule has 0 radical (unpaired) electrons. The SMILES string of the molecule is CCc1ccccc1Oc1ccc(CNC(=O)C2(CC(=O)c3cncnc3)CC2)cc1. The number of amides is 1. The number of ketones is 1. The van der Waals surface area contributed by atoms with E-state index in [0.29, 0.717) is 12.1 Å². The molecule has 2 aromatic carbocycles. The standard InChI is InChI=1S/C25H25N3O3/c1-2-19-5-3-4-6-23(19)31-21-9-7-18(8-10-21)14-28-24(30)25(11-12-25)13-22(29)20-15-26-17-27-16-20/h3-10,15-17H,2,11-14H2,1H3,(H,28,30). The molecule has 1 aliphatic rings. The van der Waals surface area contributed by atoms with Crippen molar-refractivity contribution in [2.75, 3.05) is 0 Å². The van der Waals surface area contributed by atoms with Crippen molar-refractivity contribution in [3.63, 3.8) is 0 Å². The Hall–Kier alpha value is -3.54. The molecule has 158 valence electrons. The van der Waals surface area contributed by atoms with Crippen LogP contribution >= 0.6 is 0 Å². The van der Waals surface area contributed by atoms with E-state index in [-0.39, 0.29) is 18.1 Å². The highest BCUT2D eigenvalue weighted by Crippen LogP contribution is 2.49. The van der Waals surface area contributed by atoms with Gasteiger partial charge in [0.05, 0.1) is 11.0 Å². The molecular weight excluding hydrogens is 390 g/mol. The van der Waals surface area contributed by atoms with E-state index >= 15 is 0 Å². The molecule has 1 fully saturated rings. The van der Waals surface area contributed by atoms with Crippen LogP contribution in [0.1, 0.15) is 47.7 Å². The van der Waals surface area contributed by atoms with E-state index in [9.17, 15) is 9.59 Å². The first-order valence-corrected chi connectivity index (χ1v) is 10.5. The van der Waals surface area contributed by atoms with Gasteiger partial charge in [-0.2, -0.15) is 0 Å². The molecule has 0 aliphatic heterocycles. The molecule has 1 saturated carbocycles. The summed E-state index contributed by atoms with van der Waals surface area (Å²) >= 11 is 0. The van der Waals surface area contributed by atoms with E-state index in [1.807, 2.05) is 42.5 Å². The average molecular weight is 415 g/mol. The van der Waals surface area contributed by atoms with Crippen molar-refractivity contribution >= 4 is 11.7 Å². The normalized spacial score (nSPS) is 14.0. The van der Waals surface area contributed by atoms with Crippen molar-refractivity contribution < 1.29 is 14.3 Å². The smallest absolute Gasteiger partial charge is 0.226 e. The van der Waals surface area contributed by atoms with Crippen molar-refractivity contribution in [2.24, 2.45) is 5.41 Å². The lowest BCUT2D eigenvalue weighted by Gasteiger charge is -2.15. The predicted octanol–water partition coefficient (Wildman–Crippen LogP) is 4.50. The van der Waals surface area contributed by atoms with E-state index < -0.39 is 5.41 Å². The molecule has 1 aliphatic carbocycles. The maximum Gasteiger partial charge on any atom is 0.226 e. The van der Waals surface area contributed by atoms with Gasteiger partial charge in [0.2, 0.25) is 5.91 Å². The Bertz CT molecular complexity index is 1060. The maximum absolute atomic E-state index is 12.7. The Morgan fingerprint density at radius 3 is 2.42 bits per heavy atom. The molecule has 0 unspecified atom stereocenters. The van der Waals surface area contributed by atoms with Gasteiger partial charge >= 0.3 is 0 Å². The highest BCUT2D eigenvalue weighted by molar-refractivity contribution is 6.00. The molecule has 0 atom stereocenters. The van der Waals surface area contributed by atoms with Crippen molar-refractivity contribution in [3.05, 3.63) is 83.9 Å². The summed E-state index contributed by atoms with van der Waals surface area (Å²) in [5.74, 6) is 1.44. The average Bonchev–Trinajstić information content (AvgIpc) is 3.60. The van der Waals surface area contributed by atoms with E-state index in [1.165, 1.54) is 18.7 Å². The van der Waals surface area contributed by atoms with Crippen molar-refractivity contribution in [3.8, 4) is 11.5 Å². The number of nitrogens with one attached hydrogen (secondary N) is 1. The number of rotatable bonds is 9. The summed E-state index contributed by atoms with van der Waals surface area (Å²) in [5.41, 5.74) is 1.98. The molecule has 6 heteroatoms. The number of hydrogen-bond donors (Lipinski definition) is 1. The molecular formula is C25H25N3O3. The number of hydrogen-bond acceptors (Lipinski definition) is 5. The summed E-state index contributed by atoms with van der Waals surface area (Å²) in [6.07, 6.45) is 6.91. The molecule has 0 saturated heterocycles. The van der Waals surface area contributed by atoms with E-state index in [0.717, 1.165) is 41.9 Å². The fourth-order valence-electron chi connectivity index (χ4n) is 3.56. The summed E-state index contributed by atoms with van der Waals surface area (Å²) in [4.78, 5) is 32.9. The van der Waals surface area contributed by atoms with E-state index in [4.69, 9.17) is 4.74 Å². The molecule has 0 bridgehead atoms. The lowest BCUT2D eigenvalue weighted by molar-refractivity contribution is -0.126. The van der Waals surface area contributed by atoms with Gasteiger partial charge in [-0.25, -0.2) is 9.97 Å². The van der Waals surface area contributed by atoms with Gasteiger partial charge in [-0.1, -0.05) is 37.3 Å². The number of nitrogens with zero attached hydrogens (tertiary/aromatic N) is 2.